The lowest BCUT2D eigenvalue weighted by atomic mass is 9.60. The number of Topliss-reactive ketones (excluding diaryl/α,β-unsaturated/α-hetero) is 1. The number of aromatic nitrogens is 1. The van der Waals surface area contributed by atoms with Gasteiger partial charge in [0, 0.05) is 59.5 Å². The van der Waals surface area contributed by atoms with E-state index in [2.05, 4.69) is 34.4 Å². The highest BCUT2D eigenvalue weighted by molar-refractivity contribution is 7.89. The second-order valence-corrected chi connectivity index (χ2v) is 12.4. The van der Waals surface area contributed by atoms with Gasteiger partial charge in [-0.3, -0.25) is 9.78 Å². The molecule has 9 heteroatoms. The van der Waals surface area contributed by atoms with E-state index in [0.717, 1.165) is 34.5 Å². The quantitative estimate of drug-likeness (QED) is 0.706. The first kappa shape index (κ1) is 21.6. The van der Waals surface area contributed by atoms with Crippen LogP contribution in [-0.2, 0) is 14.8 Å². The maximum atomic E-state index is 13.7. The summed E-state index contributed by atoms with van der Waals surface area (Å²) >= 11 is 0. The molecule has 1 aromatic heterocycles. The Hall–Kier alpha value is -2.91. The number of carbonyl (C=O) groups excluding carboxylic acids is 1. The number of pyridine rings is 1. The Balaban J connectivity index is 1.37. The number of rotatable bonds is 2. The number of allylic oxidation sites excluding steroid dienone is 2. The zero-order valence-corrected chi connectivity index (χ0v) is 20.2. The van der Waals surface area contributed by atoms with E-state index in [1.807, 2.05) is 12.1 Å². The van der Waals surface area contributed by atoms with Crippen LogP contribution in [0.1, 0.15) is 39.5 Å². The first-order valence-corrected chi connectivity index (χ1v) is 13.1. The van der Waals surface area contributed by atoms with Gasteiger partial charge in [-0.1, -0.05) is 26.0 Å². The summed E-state index contributed by atoms with van der Waals surface area (Å²) in [4.78, 5) is 17.9. The van der Waals surface area contributed by atoms with Crippen molar-refractivity contribution in [2.24, 2.45) is 21.1 Å². The molecule has 8 nitrogen and oxygen atoms in total. The van der Waals surface area contributed by atoms with Gasteiger partial charge in [-0.2, -0.15) is 9.42 Å². The Morgan fingerprint density at radius 2 is 1.88 bits per heavy atom. The second-order valence-electron chi connectivity index (χ2n) is 10.5. The normalized spacial score (nSPS) is 23.9. The average molecular weight is 478 g/mol. The fourth-order valence-electron chi connectivity index (χ4n) is 6.18. The maximum Gasteiger partial charge on any atom is 0.243 e. The maximum absolute atomic E-state index is 13.7. The van der Waals surface area contributed by atoms with Gasteiger partial charge in [0.05, 0.1) is 11.4 Å². The van der Waals surface area contributed by atoms with Gasteiger partial charge in [0.25, 0.3) is 0 Å². The molecule has 3 aliphatic heterocycles. The van der Waals surface area contributed by atoms with Crippen LogP contribution in [0.25, 0.3) is 10.8 Å². The van der Waals surface area contributed by atoms with E-state index in [1.165, 1.54) is 0 Å². The summed E-state index contributed by atoms with van der Waals surface area (Å²) in [5.41, 5.74) is 2.19. The molecule has 176 valence electrons. The monoisotopic (exact) mass is 477 g/mol. The minimum atomic E-state index is -3.71. The van der Waals surface area contributed by atoms with Gasteiger partial charge in [-0.25, -0.2) is 8.42 Å². The highest BCUT2D eigenvalue weighted by Crippen LogP contribution is 2.55. The molecule has 0 radical (unpaired) electrons. The zero-order valence-electron chi connectivity index (χ0n) is 19.3. The Morgan fingerprint density at radius 1 is 1.09 bits per heavy atom. The third-order valence-corrected chi connectivity index (χ3v) is 9.68. The first-order valence-electron chi connectivity index (χ1n) is 11.7. The predicted octanol–water partition coefficient (Wildman–Crippen LogP) is 3.93. The molecule has 0 saturated carbocycles. The number of fused-ring (bicyclic) bond motifs is 3. The van der Waals surface area contributed by atoms with E-state index in [-0.39, 0.29) is 16.1 Å². The van der Waals surface area contributed by atoms with Gasteiger partial charge in [0.2, 0.25) is 10.0 Å². The first-order chi connectivity index (χ1) is 16.2. The number of hydrogen-bond donors (Lipinski definition) is 1. The van der Waals surface area contributed by atoms with Crippen LogP contribution in [0.4, 0.5) is 0 Å². The minimum Gasteiger partial charge on any atom is -0.342 e. The van der Waals surface area contributed by atoms with Crippen LogP contribution in [0.2, 0.25) is 0 Å². The Kier molecular flexibility index (Phi) is 4.64. The van der Waals surface area contributed by atoms with Crippen LogP contribution in [-0.4, -0.2) is 43.1 Å². The standard InChI is InChI=1S/C25H27N5O3S/c1-24(2)12-19-22(20(31)13-24)25(18-15-27-29-23(18)28-19)7-10-30(11-8-25)34(32,33)21-5-3-4-16-6-9-26-14-17(16)21/h3-6,9,14,28H,7-8,10-13,15H2,1-2H3. The molecule has 1 aromatic carbocycles. The topological polar surface area (TPSA) is 104 Å². The highest BCUT2D eigenvalue weighted by atomic mass is 32.2. The molecule has 0 amide bonds. The molecule has 0 unspecified atom stereocenters. The lowest BCUT2D eigenvalue weighted by molar-refractivity contribution is -0.119. The summed E-state index contributed by atoms with van der Waals surface area (Å²) in [6, 6.07) is 7.13. The molecule has 0 bridgehead atoms. The number of azo groups is 1. The number of piperidine rings is 1. The number of benzene rings is 1. The number of ketones is 1. The number of hydrogen-bond acceptors (Lipinski definition) is 7. The van der Waals surface area contributed by atoms with Crippen molar-refractivity contribution < 1.29 is 13.2 Å². The van der Waals surface area contributed by atoms with Crippen molar-refractivity contribution in [3.8, 4) is 0 Å². The average Bonchev–Trinajstić information content (AvgIpc) is 3.27. The molecule has 4 aliphatic rings. The molecule has 4 heterocycles. The molecular formula is C25H27N5O3S. The van der Waals surface area contributed by atoms with Gasteiger partial charge in [-0.05, 0) is 42.2 Å². The third kappa shape index (κ3) is 3.10. The molecule has 1 saturated heterocycles. The van der Waals surface area contributed by atoms with Crippen molar-refractivity contribution in [2.45, 2.75) is 44.4 Å². The van der Waals surface area contributed by atoms with Crippen LogP contribution in [0.3, 0.4) is 0 Å². The van der Waals surface area contributed by atoms with Gasteiger partial charge in [-0.15, -0.1) is 5.11 Å². The lowest BCUT2D eigenvalue weighted by Gasteiger charge is -2.48. The number of dihydropyridines is 1. The Labute approximate surface area is 198 Å². The van der Waals surface area contributed by atoms with Crippen LogP contribution < -0.4 is 5.32 Å². The Morgan fingerprint density at radius 3 is 2.68 bits per heavy atom. The second kappa shape index (κ2) is 7.29. The van der Waals surface area contributed by atoms with Gasteiger partial charge < -0.3 is 5.32 Å². The minimum absolute atomic E-state index is 0.121. The van der Waals surface area contributed by atoms with E-state index < -0.39 is 15.4 Å². The number of sulfonamides is 1. The third-order valence-electron chi connectivity index (χ3n) is 7.72. The number of nitrogens with one attached hydrogen (secondary N) is 1. The lowest BCUT2D eigenvalue weighted by Crippen LogP contribution is -2.50. The molecule has 1 spiro atoms. The molecule has 1 aliphatic carbocycles. The molecule has 2 aromatic rings. The SMILES string of the molecule is CC1(C)CC(=O)C2=C(C1)NC1=C(CN=N1)C21CCN(S(=O)(=O)c2cccc3ccncc23)CC1. The predicted molar refractivity (Wildman–Crippen MR) is 127 cm³/mol. The van der Waals surface area contributed by atoms with E-state index in [9.17, 15) is 13.2 Å². The highest BCUT2D eigenvalue weighted by Gasteiger charge is 2.53. The molecular weight excluding hydrogens is 450 g/mol. The van der Waals surface area contributed by atoms with Crippen LogP contribution in [0.5, 0.6) is 0 Å². The molecule has 1 N–H and O–H groups in total. The fraction of sp³-hybridized carbons (Fsp3) is 0.440. The van der Waals surface area contributed by atoms with Crippen LogP contribution in [0, 0.1) is 10.8 Å². The van der Waals surface area contributed by atoms with Crippen molar-refractivity contribution in [3.63, 3.8) is 0 Å². The molecule has 6 rings (SSSR count). The molecule has 1 fully saturated rings. The summed E-state index contributed by atoms with van der Waals surface area (Å²) in [7, 11) is -3.71. The summed E-state index contributed by atoms with van der Waals surface area (Å²) in [5.74, 6) is 0.911. The van der Waals surface area contributed by atoms with Gasteiger partial charge in [0.1, 0.15) is 0 Å². The Bertz CT molecular complexity index is 1420. The van der Waals surface area contributed by atoms with E-state index in [0.29, 0.717) is 44.3 Å². The smallest absolute Gasteiger partial charge is 0.243 e. The molecule has 0 atom stereocenters. The largest absolute Gasteiger partial charge is 0.342 e. The van der Waals surface area contributed by atoms with Crippen LogP contribution >= 0.6 is 0 Å². The van der Waals surface area contributed by atoms with Crippen molar-refractivity contribution >= 4 is 26.6 Å². The molecule has 34 heavy (non-hydrogen) atoms. The van der Waals surface area contributed by atoms with E-state index >= 15 is 0 Å². The van der Waals surface area contributed by atoms with Crippen LogP contribution in [0.15, 0.2) is 74.4 Å². The van der Waals surface area contributed by atoms with E-state index in [4.69, 9.17) is 0 Å². The van der Waals surface area contributed by atoms with Gasteiger partial charge >= 0.3 is 0 Å². The van der Waals surface area contributed by atoms with Crippen molar-refractivity contribution in [1.82, 2.24) is 14.6 Å². The van der Waals surface area contributed by atoms with E-state index in [1.54, 1.807) is 28.8 Å². The zero-order chi connectivity index (χ0) is 23.7. The van der Waals surface area contributed by atoms with Crippen molar-refractivity contribution in [2.75, 3.05) is 19.6 Å². The summed E-state index contributed by atoms with van der Waals surface area (Å²) in [6.07, 6.45) is 5.64. The van der Waals surface area contributed by atoms with Gasteiger partial charge in [0.15, 0.2) is 11.6 Å². The number of carbonyl (C=O) groups is 1. The summed E-state index contributed by atoms with van der Waals surface area (Å²) in [5, 5.41) is 13.5. The van der Waals surface area contributed by atoms with Crippen molar-refractivity contribution in [1.29, 1.82) is 0 Å². The fourth-order valence-corrected chi connectivity index (χ4v) is 7.82. The summed E-state index contributed by atoms with van der Waals surface area (Å²) in [6.45, 7) is 5.35. The van der Waals surface area contributed by atoms with Crippen molar-refractivity contribution in [3.05, 3.63) is 59.3 Å². The summed E-state index contributed by atoms with van der Waals surface area (Å²) < 4.78 is 28.9. The number of nitrogens with zero attached hydrogens (tertiary/aromatic N) is 4.